The highest BCUT2D eigenvalue weighted by Crippen LogP contribution is 2.25. The van der Waals surface area contributed by atoms with Gasteiger partial charge in [-0.05, 0) is 50.2 Å². The van der Waals surface area contributed by atoms with E-state index in [9.17, 15) is 0 Å². The minimum absolute atomic E-state index is 0.582. The molecule has 1 N–H and O–H groups in total. The van der Waals surface area contributed by atoms with Gasteiger partial charge in [0.15, 0.2) is 11.5 Å². The van der Waals surface area contributed by atoms with Gasteiger partial charge in [0.2, 0.25) is 0 Å². The normalized spacial score (nSPS) is 10.2. The molecule has 0 atom stereocenters. The third-order valence-corrected chi connectivity index (χ3v) is 3.75. The maximum Gasteiger partial charge on any atom is 0.161 e. The highest BCUT2D eigenvalue weighted by molar-refractivity contribution is 5.55. The number of rotatable bonds is 9. The van der Waals surface area contributed by atoms with Gasteiger partial charge in [-0.15, -0.1) is 0 Å². The standard InChI is InChI=1S/C19H26N2O2/c1-4-21(5-2)17-12-10-16(11-13-17)20-14-15-23-19-9-7-6-8-18(19)22-3/h6-13,20H,4-5,14-15H2,1-3H3. The lowest BCUT2D eigenvalue weighted by Crippen LogP contribution is -2.21. The van der Waals surface area contributed by atoms with E-state index in [1.165, 1.54) is 5.69 Å². The van der Waals surface area contributed by atoms with Gasteiger partial charge in [0.05, 0.1) is 7.11 Å². The first kappa shape index (κ1) is 17.0. The van der Waals surface area contributed by atoms with Crippen LogP contribution < -0.4 is 19.7 Å². The van der Waals surface area contributed by atoms with Crippen molar-refractivity contribution in [1.82, 2.24) is 0 Å². The molecule has 0 heterocycles. The van der Waals surface area contributed by atoms with Crippen LogP contribution in [-0.2, 0) is 0 Å². The van der Waals surface area contributed by atoms with Crippen LogP contribution in [0.1, 0.15) is 13.8 Å². The molecule has 0 unspecified atom stereocenters. The molecule has 0 saturated heterocycles. The van der Waals surface area contributed by atoms with Crippen LogP contribution in [-0.4, -0.2) is 33.4 Å². The summed E-state index contributed by atoms with van der Waals surface area (Å²) < 4.78 is 11.0. The molecule has 124 valence electrons. The maximum atomic E-state index is 5.75. The number of para-hydroxylation sites is 2. The van der Waals surface area contributed by atoms with Crippen molar-refractivity contribution in [2.45, 2.75) is 13.8 Å². The number of hydrogen-bond donors (Lipinski definition) is 1. The van der Waals surface area contributed by atoms with Gasteiger partial charge in [-0.2, -0.15) is 0 Å². The van der Waals surface area contributed by atoms with Crippen molar-refractivity contribution in [3.8, 4) is 11.5 Å². The topological polar surface area (TPSA) is 33.7 Å². The van der Waals surface area contributed by atoms with Crippen LogP contribution in [0.2, 0.25) is 0 Å². The van der Waals surface area contributed by atoms with Gasteiger partial charge in [-0.1, -0.05) is 12.1 Å². The van der Waals surface area contributed by atoms with Crippen LogP contribution in [0.25, 0.3) is 0 Å². The van der Waals surface area contributed by atoms with Crippen molar-refractivity contribution in [1.29, 1.82) is 0 Å². The number of methoxy groups -OCH3 is 1. The molecule has 0 saturated carbocycles. The maximum absolute atomic E-state index is 5.75. The van der Waals surface area contributed by atoms with Gasteiger partial charge in [0.1, 0.15) is 6.61 Å². The van der Waals surface area contributed by atoms with E-state index in [1.807, 2.05) is 24.3 Å². The van der Waals surface area contributed by atoms with E-state index in [-0.39, 0.29) is 0 Å². The number of ether oxygens (including phenoxy) is 2. The number of nitrogens with one attached hydrogen (secondary N) is 1. The Hall–Kier alpha value is -2.36. The molecule has 0 fully saturated rings. The van der Waals surface area contributed by atoms with E-state index in [0.717, 1.165) is 36.8 Å². The van der Waals surface area contributed by atoms with Crippen molar-refractivity contribution in [2.24, 2.45) is 0 Å². The first-order chi connectivity index (χ1) is 11.3. The molecule has 0 aliphatic heterocycles. The molecule has 0 spiro atoms. The number of benzene rings is 2. The monoisotopic (exact) mass is 314 g/mol. The molecule has 2 rings (SSSR count). The van der Waals surface area contributed by atoms with E-state index in [2.05, 4.69) is 48.3 Å². The largest absolute Gasteiger partial charge is 0.493 e. The first-order valence-electron chi connectivity index (χ1n) is 8.13. The Morgan fingerprint density at radius 3 is 2.17 bits per heavy atom. The summed E-state index contributed by atoms with van der Waals surface area (Å²) in [5.41, 5.74) is 2.36. The van der Waals surface area contributed by atoms with Gasteiger partial charge >= 0.3 is 0 Å². The molecular weight excluding hydrogens is 288 g/mol. The number of anilines is 2. The molecule has 0 bridgehead atoms. The molecule has 0 aliphatic carbocycles. The summed E-state index contributed by atoms with van der Waals surface area (Å²) in [6.07, 6.45) is 0. The Bertz CT molecular complexity index is 580. The Morgan fingerprint density at radius 1 is 0.913 bits per heavy atom. The lowest BCUT2D eigenvalue weighted by Gasteiger charge is -2.21. The Kier molecular flexibility index (Phi) is 6.60. The third-order valence-electron chi connectivity index (χ3n) is 3.75. The van der Waals surface area contributed by atoms with Gasteiger partial charge in [-0.3, -0.25) is 0 Å². The van der Waals surface area contributed by atoms with Crippen molar-refractivity contribution in [3.63, 3.8) is 0 Å². The second-order valence-electron chi connectivity index (χ2n) is 5.15. The third kappa shape index (κ3) is 4.81. The van der Waals surface area contributed by atoms with Crippen LogP contribution in [0, 0.1) is 0 Å². The average Bonchev–Trinajstić information content (AvgIpc) is 2.61. The van der Waals surface area contributed by atoms with E-state index >= 15 is 0 Å². The van der Waals surface area contributed by atoms with E-state index in [1.54, 1.807) is 7.11 Å². The van der Waals surface area contributed by atoms with Crippen molar-refractivity contribution in [2.75, 3.05) is 43.6 Å². The van der Waals surface area contributed by atoms with Crippen LogP contribution >= 0.6 is 0 Å². The van der Waals surface area contributed by atoms with E-state index in [0.29, 0.717) is 6.61 Å². The van der Waals surface area contributed by atoms with Gasteiger partial charge in [0, 0.05) is 31.0 Å². The fourth-order valence-corrected chi connectivity index (χ4v) is 2.47. The van der Waals surface area contributed by atoms with Gasteiger partial charge in [-0.25, -0.2) is 0 Å². The number of nitrogens with zero attached hydrogens (tertiary/aromatic N) is 1. The zero-order chi connectivity index (χ0) is 16.5. The molecule has 2 aromatic rings. The zero-order valence-electron chi connectivity index (χ0n) is 14.2. The lowest BCUT2D eigenvalue weighted by molar-refractivity contribution is 0.306. The quantitative estimate of drug-likeness (QED) is 0.709. The van der Waals surface area contributed by atoms with Crippen molar-refractivity contribution in [3.05, 3.63) is 48.5 Å². The predicted molar refractivity (Wildman–Crippen MR) is 97.0 cm³/mol. The second kappa shape index (κ2) is 8.93. The smallest absolute Gasteiger partial charge is 0.161 e. The Morgan fingerprint density at radius 2 is 1.57 bits per heavy atom. The molecular formula is C19H26N2O2. The molecule has 0 aliphatic rings. The molecule has 4 heteroatoms. The molecule has 4 nitrogen and oxygen atoms in total. The van der Waals surface area contributed by atoms with Gasteiger partial charge in [0.25, 0.3) is 0 Å². The van der Waals surface area contributed by atoms with Crippen LogP contribution in [0.5, 0.6) is 11.5 Å². The van der Waals surface area contributed by atoms with Crippen LogP contribution in [0.15, 0.2) is 48.5 Å². The van der Waals surface area contributed by atoms with E-state index < -0.39 is 0 Å². The fourth-order valence-electron chi connectivity index (χ4n) is 2.47. The highest BCUT2D eigenvalue weighted by atomic mass is 16.5. The molecule has 23 heavy (non-hydrogen) atoms. The van der Waals surface area contributed by atoms with Crippen molar-refractivity contribution >= 4 is 11.4 Å². The summed E-state index contributed by atoms with van der Waals surface area (Å²) in [6.45, 7) is 7.71. The summed E-state index contributed by atoms with van der Waals surface area (Å²) in [5.74, 6) is 1.53. The lowest BCUT2D eigenvalue weighted by atomic mass is 10.2. The predicted octanol–water partition coefficient (Wildman–Crippen LogP) is 4.03. The SMILES string of the molecule is CCN(CC)c1ccc(NCCOc2ccccc2OC)cc1. The molecule has 2 aromatic carbocycles. The minimum Gasteiger partial charge on any atom is -0.493 e. The molecule has 0 radical (unpaired) electrons. The zero-order valence-corrected chi connectivity index (χ0v) is 14.2. The molecule has 0 amide bonds. The van der Waals surface area contributed by atoms with E-state index in [4.69, 9.17) is 9.47 Å². The number of hydrogen-bond acceptors (Lipinski definition) is 4. The van der Waals surface area contributed by atoms with Crippen LogP contribution in [0.3, 0.4) is 0 Å². The summed E-state index contributed by atoms with van der Waals surface area (Å²) in [5, 5.41) is 3.37. The Labute approximate surface area is 139 Å². The van der Waals surface area contributed by atoms with Crippen LogP contribution in [0.4, 0.5) is 11.4 Å². The summed E-state index contributed by atoms with van der Waals surface area (Å²) in [6, 6.07) is 16.2. The molecule has 0 aromatic heterocycles. The summed E-state index contributed by atoms with van der Waals surface area (Å²) in [4.78, 5) is 2.33. The highest BCUT2D eigenvalue weighted by Gasteiger charge is 2.03. The summed E-state index contributed by atoms with van der Waals surface area (Å²) in [7, 11) is 1.65. The van der Waals surface area contributed by atoms with Gasteiger partial charge < -0.3 is 19.7 Å². The Balaban J connectivity index is 1.80. The summed E-state index contributed by atoms with van der Waals surface area (Å²) >= 11 is 0. The van der Waals surface area contributed by atoms with Crippen molar-refractivity contribution < 1.29 is 9.47 Å². The second-order valence-corrected chi connectivity index (χ2v) is 5.15. The fraction of sp³-hybridized carbons (Fsp3) is 0.368. The average molecular weight is 314 g/mol. The minimum atomic E-state index is 0.582. The first-order valence-corrected chi connectivity index (χ1v) is 8.13.